The average molecular weight is 475 g/mol. The summed E-state index contributed by atoms with van der Waals surface area (Å²) in [7, 11) is -2.00. The van der Waals surface area contributed by atoms with Crippen LogP contribution >= 0.6 is 0 Å². The maximum absolute atomic E-state index is 13.3. The summed E-state index contributed by atoms with van der Waals surface area (Å²) >= 11 is 0. The monoisotopic (exact) mass is 474 g/mol. The fourth-order valence-electron chi connectivity index (χ4n) is 5.01. The van der Waals surface area contributed by atoms with Gasteiger partial charge in [0.15, 0.2) is 0 Å². The molecule has 1 atom stereocenters. The van der Waals surface area contributed by atoms with E-state index in [4.69, 9.17) is 4.74 Å². The Labute approximate surface area is 195 Å². The Kier molecular flexibility index (Phi) is 6.51. The molecule has 8 heteroatoms. The van der Waals surface area contributed by atoms with Crippen LogP contribution in [0.3, 0.4) is 0 Å². The van der Waals surface area contributed by atoms with E-state index >= 15 is 0 Å². The van der Waals surface area contributed by atoms with Crippen molar-refractivity contribution in [3.63, 3.8) is 0 Å². The lowest BCUT2D eigenvalue weighted by atomic mass is 9.71. The third kappa shape index (κ3) is 4.64. The summed E-state index contributed by atoms with van der Waals surface area (Å²) in [6.45, 7) is 6.19. The van der Waals surface area contributed by atoms with Gasteiger partial charge >= 0.3 is 0 Å². The molecule has 178 valence electrons. The first-order chi connectivity index (χ1) is 15.6. The van der Waals surface area contributed by atoms with Crippen LogP contribution in [0.4, 0.5) is 4.39 Å². The van der Waals surface area contributed by atoms with E-state index in [-0.39, 0.29) is 33.9 Å². The molecule has 0 N–H and O–H groups in total. The van der Waals surface area contributed by atoms with Crippen molar-refractivity contribution >= 4 is 15.9 Å². The van der Waals surface area contributed by atoms with Gasteiger partial charge in [-0.25, -0.2) is 12.8 Å². The van der Waals surface area contributed by atoms with Crippen LogP contribution in [0.15, 0.2) is 53.4 Å². The number of methoxy groups -OCH3 is 1. The Morgan fingerprint density at radius 3 is 2.09 bits per heavy atom. The van der Waals surface area contributed by atoms with Gasteiger partial charge in [0, 0.05) is 31.6 Å². The maximum Gasteiger partial charge on any atom is 0.243 e. The Balaban J connectivity index is 1.38. The molecule has 0 saturated carbocycles. The minimum atomic E-state index is -3.55. The van der Waals surface area contributed by atoms with Gasteiger partial charge in [-0.05, 0) is 60.7 Å². The summed E-state index contributed by atoms with van der Waals surface area (Å²) in [5.74, 6) is 0.157. The number of benzene rings is 2. The molecule has 0 bridgehead atoms. The Hall–Kier alpha value is -2.45. The third-order valence-electron chi connectivity index (χ3n) is 7.01. The highest BCUT2D eigenvalue weighted by atomic mass is 32.2. The normalized spacial score (nSPS) is 19.4. The van der Waals surface area contributed by atoms with Crippen molar-refractivity contribution < 1.29 is 22.3 Å². The molecule has 2 aliphatic heterocycles. The van der Waals surface area contributed by atoms with E-state index in [1.807, 2.05) is 18.7 Å². The first-order valence-electron chi connectivity index (χ1n) is 11.3. The Morgan fingerprint density at radius 1 is 1.00 bits per heavy atom. The molecule has 4 rings (SSSR count). The molecule has 1 spiro atoms. The number of sulfonamides is 1. The number of piperidine rings is 1. The predicted octanol–water partition coefficient (Wildman–Crippen LogP) is 3.89. The minimum absolute atomic E-state index is 0.0219. The van der Waals surface area contributed by atoms with Crippen LogP contribution in [0.1, 0.15) is 38.2 Å². The van der Waals surface area contributed by atoms with Gasteiger partial charge in [0.05, 0.1) is 17.9 Å². The Bertz CT molecular complexity index is 1080. The molecule has 2 fully saturated rings. The molecule has 1 amide bonds. The first kappa shape index (κ1) is 23.7. The first-order valence-corrected chi connectivity index (χ1v) is 12.8. The lowest BCUT2D eigenvalue weighted by Crippen LogP contribution is -2.63. The number of ether oxygens (including phenoxy) is 1. The van der Waals surface area contributed by atoms with E-state index < -0.39 is 10.0 Å². The van der Waals surface area contributed by atoms with E-state index in [0.29, 0.717) is 31.9 Å². The SMILES string of the molecule is COc1ccc(S(=O)(=O)N2CCC3(CC2)CN(C(=O)[C@H](c2ccc(F)cc2)C(C)C)C3)cc1. The van der Waals surface area contributed by atoms with Crippen LogP contribution < -0.4 is 4.74 Å². The van der Waals surface area contributed by atoms with Crippen molar-refractivity contribution in [2.24, 2.45) is 11.3 Å². The summed E-state index contributed by atoms with van der Waals surface area (Å²) in [5, 5.41) is 0. The predicted molar refractivity (Wildman–Crippen MR) is 124 cm³/mol. The molecular formula is C25H31FN2O4S. The second-order valence-electron chi connectivity index (χ2n) is 9.55. The molecule has 2 heterocycles. The van der Waals surface area contributed by atoms with Crippen molar-refractivity contribution in [2.45, 2.75) is 37.5 Å². The fraction of sp³-hybridized carbons (Fsp3) is 0.480. The molecular weight excluding hydrogens is 443 g/mol. The van der Waals surface area contributed by atoms with Gasteiger partial charge in [-0.1, -0.05) is 26.0 Å². The van der Waals surface area contributed by atoms with Crippen LogP contribution in [-0.4, -0.2) is 56.8 Å². The van der Waals surface area contributed by atoms with Crippen LogP contribution in [0.2, 0.25) is 0 Å². The number of hydrogen-bond acceptors (Lipinski definition) is 4. The summed E-state index contributed by atoms with van der Waals surface area (Å²) in [5.41, 5.74) is 0.809. The molecule has 2 saturated heterocycles. The van der Waals surface area contributed by atoms with Crippen LogP contribution in [0, 0.1) is 17.2 Å². The van der Waals surface area contributed by atoms with Gasteiger partial charge < -0.3 is 9.64 Å². The van der Waals surface area contributed by atoms with Crippen LogP contribution in [0.5, 0.6) is 5.75 Å². The van der Waals surface area contributed by atoms with Crippen molar-refractivity contribution in [3.8, 4) is 5.75 Å². The molecule has 0 unspecified atom stereocenters. The smallest absolute Gasteiger partial charge is 0.243 e. The average Bonchev–Trinajstić information content (AvgIpc) is 2.78. The third-order valence-corrected chi connectivity index (χ3v) is 8.92. The van der Waals surface area contributed by atoms with Gasteiger partial charge in [0.1, 0.15) is 11.6 Å². The number of likely N-dealkylation sites (tertiary alicyclic amines) is 1. The minimum Gasteiger partial charge on any atom is -0.497 e. The number of carbonyl (C=O) groups is 1. The van der Waals surface area contributed by atoms with Crippen molar-refractivity contribution in [1.82, 2.24) is 9.21 Å². The number of rotatable bonds is 6. The number of carbonyl (C=O) groups excluding carboxylic acids is 1. The molecule has 2 aliphatic rings. The quantitative estimate of drug-likeness (QED) is 0.637. The second-order valence-corrected chi connectivity index (χ2v) is 11.5. The van der Waals surface area contributed by atoms with Gasteiger partial charge in [-0.3, -0.25) is 4.79 Å². The summed E-state index contributed by atoms with van der Waals surface area (Å²) < 4.78 is 46.0. The standard InChI is InChI=1S/C25H31FN2O4S/c1-18(2)23(19-4-6-20(26)7-5-19)24(29)27-16-25(17-27)12-14-28(15-13-25)33(30,31)22-10-8-21(32-3)9-11-22/h4-11,18,23H,12-17H2,1-3H3/t23-/m0/s1. The number of nitrogens with zero attached hydrogens (tertiary/aromatic N) is 2. The van der Waals surface area contributed by atoms with Crippen molar-refractivity contribution in [1.29, 1.82) is 0 Å². The summed E-state index contributed by atoms with van der Waals surface area (Å²) in [6, 6.07) is 12.6. The molecule has 0 aromatic heterocycles. The highest BCUT2D eigenvalue weighted by Crippen LogP contribution is 2.43. The van der Waals surface area contributed by atoms with E-state index in [2.05, 4.69) is 0 Å². The second kappa shape index (κ2) is 9.06. The number of halogens is 1. The zero-order valence-electron chi connectivity index (χ0n) is 19.3. The molecule has 0 radical (unpaired) electrons. The van der Waals surface area contributed by atoms with Gasteiger partial charge in [-0.15, -0.1) is 0 Å². The topological polar surface area (TPSA) is 66.9 Å². The van der Waals surface area contributed by atoms with E-state index in [9.17, 15) is 17.6 Å². The molecule has 0 aliphatic carbocycles. The molecule has 6 nitrogen and oxygen atoms in total. The van der Waals surface area contributed by atoms with E-state index in [0.717, 1.165) is 18.4 Å². The number of amides is 1. The summed E-state index contributed by atoms with van der Waals surface area (Å²) in [4.78, 5) is 15.4. The van der Waals surface area contributed by atoms with Gasteiger partial charge in [-0.2, -0.15) is 4.31 Å². The highest BCUT2D eigenvalue weighted by Gasteiger charge is 2.49. The molecule has 33 heavy (non-hydrogen) atoms. The zero-order chi connectivity index (χ0) is 23.8. The van der Waals surface area contributed by atoms with Gasteiger partial charge in [0.2, 0.25) is 15.9 Å². The van der Waals surface area contributed by atoms with Crippen molar-refractivity contribution in [2.75, 3.05) is 33.3 Å². The maximum atomic E-state index is 13.3. The van der Waals surface area contributed by atoms with E-state index in [1.54, 1.807) is 47.8 Å². The molecule has 2 aromatic rings. The fourth-order valence-corrected chi connectivity index (χ4v) is 6.45. The summed E-state index contributed by atoms with van der Waals surface area (Å²) in [6.07, 6.45) is 1.46. The molecule has 2 aromatic carbocycles. The number of hydrogen-bond donors (Lipinski definition) is 0. The highest BCUT2D eigenvalue weighted by molar-refractivity contribution is 7.89. The van der Waals surface area contributed by atoms with Gasteiger partial charge in [0.25, 0.3) is 0 Å². The van der Waals surface area contributed by atoms with Crippen LogP contribution in [-0.2, 0) is 14.8 Å². The largest absolute Gasteiger partial charge is 0.497 e. The Morgan fingerprint density at radius 2 is 1.58 bits per heavy atom. The lowest BCUT2D eigenvalue weighted by molar-refractivity contribution is -0.148. The zero-order valence-corrected chi connectivity index (χ0v) is 20.1. The van der Waals surface area contributed by atoms with E-state index in [1.165, 1.54) is 12.1 Å². The lowest BCUT2D eigenvalue weighted by Gasteiger charge is -2.54. The van der Waals surface area contributed by atoms with Crippen molar-refractivity contribution in [3.05, 3.63) is 59.9 Å². The van der Waals surface area contributed by atoms with Crippen LogP contribution in [0.25, 0.3) is 0 Å².